The van der Waals surface area contributed by atoms with E-state index in [0.29, 0.717) is 12.2 Å². The Labute approximate surface area is 200 Å². The molecule has 2 aromatic heterocycles. The molecule has 0 aliphatic heterocycles. The summed E-state index contributed by atoms with van der Waals surface area (Å²) in [6.45, 7) is 7.50. The second-order valence-corrected chi connectivity index (χ2v) is 17.0. The summed E-state index contributed by atoms with van der Waals surface area (Å²) in [5, 5.41) is 10.2. The van der Waals surface area contributed by atoms with E-state index in [9.17, 15) is 9.90 Å². The molecule has 4 nitrogen and oxygen atoms in total. The minimum Gasteiger partial charge on any atom is -0.477 e. The van der Waals surface area contributed by atoms with Crippen molar-refractivity contribution in [2.24, 2.45) is 0 Å². The van der Waals surface area contributed by atoms with Crippen molar-refractivity contribution in [1.82, 2.24) is 9.55 Å². The molecule has 3 rings (SSSR count). The van der Waals surface area contributed by atoms with Crippen LogP contribution in [0.4, 0.5) is 0 Å². The number of aromatic carboxylic acids is 1. The zero-order valence-electron chi connectivity index (χ0n) is 20.0. The zero-order chi connectivity index (χ0) is 23.2. The van der Waals surface area contributed by atoms with E-state index in [-0.39, 0.29) is 0 Å². The quantitative estimate of drug-likeness (QED) is 0.239. The molecule has 1 aromatic carbocycles. The third-order valence-corrected chi connectivity index (χ3v) is 14.8. The maximum absolute atomic E-state index is 11.3. The molecule has 0 saturated carbocycles. The number of nitrogens with zero attached hydrogens (tertiary/aromatic N) is 2. The first-order valence-corrected chi connectivity index (χ1v) is 18.2. The molecule has 0 amide bonds. The van der Waals surface area contributed by atoms with Crippen molar-refractivity contribution in [3.8, 4) is 0 Å². The predicted octanol–water partition coefficient (Wildman–Crippen LogP) is 7.66. The summed E-state index contributed by atoms with van der Waals surface area (Å²) in [7, 11) is 0. The molecule has 0 bridgehead atoms. The van der Waals surface area contributed by atoms with E-state index in [1.54, 1.807) is 36.3 Å². The first-order valence-electron chi connectivity index (χ1n) is 12.1. The van der Waals surface area contributed by atoms with Gasteiger partial charge in [0.15, 0.2) is 0 Å². The van der Waals surface area contributed by atoms with Crippen molar-refractivity contribution in [2.75, 3.05) is 0 Å². The van der Waals surface area contributed by atoms with Gasteiger partial charge < -0.3 is 9.67 Å². The van der Waals surface area contributed by atoms with Gasteiger partial charge in [0, 0.05) is 29.8 Å². The molecule has 1 radical (unpaired) electrons. The van der Waals surface area contributed by atoms with Gasteiger partial charge in [-0.3, -0.25) is 4.98 Å². The fraction of sp³-hybridized carbons (Fsp3) is 0.481. The van der Waals surface area contributed by atoms with Gasteiger partial charge in [-0.25, -0.2) is 4.79 Å². The van der Waals surface area contributed by atoms with E-state index in [1.807, 2.05) is 36.4 Å². The number of aromatic nitrogens is 2. The molecule has 0 spiro atoms. The average molecular weight is 542 g/mol. The SMILES string of the molecule is CCC[CH2][Sn]([CH2]CCC)[CH2]CCC.O=C(O)c1cc2ccccc2n1Cc1cccnc1. The van der Waals surface area contributed by atoms with Crippen molar-refractivity contribution in [2.45, 2.75) is 79.2 Å². The van der Waals surface area contributed by atoms with E-state index < -0.39 is 25.7 Å². The molecule has 5 heteroatoms. The van der Waals surface area contributed by atoms with Crippen molar-refractivity contribution in [3.05, 3.63) is 66.1 Å². The number of fused-ring (bicyclic) bond motifs is 1. The number of unbranched alkanes of at least 4 members (excludes halogenated alkanes) is 3. The Balaban J connectivity index is 0.000000247. The van der Waals surface area contributed by atoms with E-state index in [2.05, 4.69) is 25.8 Å². The molecule has 0 atom stereocenters. The number of carbonyl (C=O) groups is 1. The number of hydrogen-bond acceptors (Lipinski definition) is 2. The molecule has 32 heavy (non-hydrogen) atoms. The fourth-order valence-electron chi connectivity index (χ4n) is 3.89. The normalized spacial score (nSPS) is 10.9. The molecule has 2 heterocycles. The number of benzene rings is 1. The standard InChI is InChI=1S/C15H12N2O2.3C4H9.Sn/c18-15(19)14-8-12-5-1-2-6-13(12)17(14)10-11-4-3-7-16-9-11;3*1-3-4-2;/h1-9H,10H2,(H,18,19);3*1,3-4H2,2H3;. The molecule has 0 unspecified atom stereocenters. The van der Waals surface area contributed by atoms with Gasteiger partial charge in [-0.15, -0.1) is 0 Å². The summed E-state index contributed by atoms with van der Waals surface area (Å²) < 4.78 is 6.84. The molecule has 0 aliphatic rings. The summed E-state index contributed by atoms with van der Waals surface area (Å²) in [6, 6.07) is 13.2. The van der Waals surface area contributed by atoms with Crippen molar-refractivity contribution in [1.29, 1.82) is 0 Å². The van der Waals surface area contributed by atoms with E-state index in [0.717, 1.165) is 16.5 Å². The number of rotatable bonds is 12. The van der Waals surface area contributed by atoms with Gasteiger partial charge in [0.05, 0.1) is 0 Å². The number of para-hydroxylation sites is 1. The second kappa shape index (κ2) is 15.1. The van der Waals surface area contributed by atoms with Crippen LogP contribution in [-0.4, -0.2) is 40.4 Å². The van der Waals surface area contributed by atoms with Crippen LogP contribution in [0.3, 0.4) is 0 Å². The van der Waals surface area contributed by atoms with Gasteiger partial charge in [-0.2, -0.15) is 0 Å². The number of hydrogen-bond donors (Lipinski definition) is 1. The zero-order valence-corrected chi connectivity index (χ0v) is 22.9. The molecular formula is C27H39N2O2Sn. The van der Waals surface area contributed by atoms with Gasteiger partial charge in [0.2, 0.25) is 0 Å². The first-order chi connectivity index (χ1) is 15.6. The minimum absolute atomic E-state index is 0.296. The Hall–Kier alpha value is -1.82. The average Bonchev–Trinajstić information content (AvgIpc) is 3.18. The van der Waals surface area contributed by atoms with Gasteiger partial charge in [0.1, 0.15) is 5.69 Å². The van der Waals surface area contributed by atoms with Gasteiger partial charge >= 0.3 is 98.3 Å². The van der Waals surface area contributed by atoms with Crippen molar-refractivity contribution >= 4 is 36.6 Å². The largest absolute Gasteiger partial charge is 0.477 e. The third kappa shape index (κ3) is 8.61. The van der Waals surface area contributed by atoms with Crippen LogP contribution < -0.4 is 0 Å². The minimum atomic E-state index is -0.917. The molecule has 1 N–H and O–H groups in total. The number of carboxylic acids is 1. The summed E-state index contributed by atoms with van der Waals surface area (Å²) in [6.07, 6.45) is 12.3. The van der Waals surface area contributed by atoms with Crippen LogP contribution in [-0.2, 0) is 6.54 Å². The molecule has 0 saturated heterocycles. The maximum atomic E-state index is 11.3. The Bertz CT molecular complexity index is 905. The van der Waals surface area contributed by atoms with E-state index >= 15 is 0 Å². The van der Waals surface area contributed by atoms with Gasteiger partial charge in [-0.1, -0.05) is 24.3 Å². The van der Waals surface area contributed by atoms with Crippen molar-refractivity contribution < 1.29 is 9.90 Å². The van der Waals surface area contributed by atoms with Crippen LogP contribution in [0.15, 0.2) is 54.9 Å². The summed E-state index contributed by atoms with van der Waals surface area (Å²) in [4.78, 5) is 15.4. The maximum Gasteiger partial charge on any atom is 0.352 e. The Morgan fingerprint density at radius 2 is 1.56 bits per heavy atom. The van der Waals surface area contributed by atoms with Gasteiger partial charge in [0.25, 0.3) is 0 Å². The Kier molecular flexibility index (Phi) is 12.5. The van der Waals surface area contributed by atoms with Crippen LogP contribution in [0.2, 0.25) is 13.3 Å². The van der Waals surface area contributed by atoms with Crippen LogP contribution in [0.25, 0.3) is 10.9 Å². The first kappa shape index (κ1) is 26.4. The Morgan fingerprint density at radius 1 is 0.938 bits per heavy atom. The molecule has 0 aliphatic carbocycles. The summed E-state index contributed by atoms with van der Waals surface area (Å²) in [5.74, 6) is -0.917. The predicted molar refractivity (Wildman–Crippen MR) is 137 cm³/mol. The van der Waals surface area contributed by atoms with Crippen LogP contribution in [0, 0.1) is 0 Å². The molecule has 173 valence electrons. The van der Waals surface area contributed by atoms with Crippen LogP contribution in [0.5, 0.6) is 0 Å². The smallest absolute Gasteiger partial charge is 0.352 e. The fourth-order valence-corrected chi connectivity index (χ4v) is 13.3. The number of pyridine rings is 1. The third-order valence-electron chi connectivity index (χ3n) is 5.74. The summed E-state index contributed by atoms with van der Waals surface area (Å²) in [5.41, 5.74) is 2.19. The monoisotopic (exact) mass is 543 g/mol. The topological polar surface area (TPSA) is 55.1 Å². The summed E-state index contributed by atoms with van der Waals surface area (Å²) >= 11 is -0.839. The van der Waals surface area contributed by atoms with E-state index in [4.69, 9.17) is 0 Å². The molecule has 3 aromatic rings. The van der Waals surface area contributed by atoms with Crippen molar-refractivity contribution in [3.63, 3.8) is 0 Å². The Morgan fingerprint density at radius 3 is 2.09 bits per heavy atom. The van der Waals surface area contributed by atoms with Crippen LogP contribution >= 0.6 is 0 Å². The second-order valence-electron chi connectivity index (χ2n) is 8.40. The van der Waals surface area contributed by atoms with Crippen LogP contribution in [0.1, 0.15) is 75.3 Å². The van der Waals surface area contributed by atoms with E-state index in [1.165, 1.54) is 38.5 Å². The van der Waals surface area contributed by atoms with Gasteiger partial charge in [-0.05, 0) is 23.8 Å². The number of carboxylic acid groups (broad SMARTS) is 1. The molecule has 0 fully saturated rings. The molecular weight excluding hydrogens is 503 g/mol.